The van der Waals surface area contributed by atoms with Gasteiger partial charge in [-0.1, -0.05) is 29.7 Å². The molecule has 2 N–H and O–H groups in total. The normalized spacial score (nSPS) is 12.4. The van der Waals surface area contributed by atoms with E-state index < -0.39 is 6.04 Å². The topological polar surface area (TPSA) is 74.2 Å². The molecule has 0 saturated heterocycles. The first-order valence-corrected chi connectivity index (χ1v) is 5.95. The molecule has 1 aromatic carbocycles. The minimum Gasteiger partial charge on any atom is -0.496 e. The van der Waals surface area contributed by atoms with Crippen LogP contribution in [0.25, 0.3) is 0 Å². The summed E-state index contributed by atoms with van der Waals surface area (Å²) >= 11 is 6.15. The number of nitrogens with two attached hydrogens (primary N) is 1. The number of hydrogen-bond acceptors (Lipinski definition) is 5. The van der Waals surface area contributed by atoms with E-state index >= 15 is 0 Å². The number of hydrogen-bond donors (Lipinski definition) is 1. The van der Waals surface area contributed by atoms with Gasteiger partial charge in [0, 0.05) is 17.0 Å². The Balaban J connectivity index is 2.41. The third kappa shape index (κ3) is 2.32. The lowest BCUT2D eigenvalue weighted by Gasteiger charge is -2.14. The SMILES string of the molecule is CCc1nc(C(N)c2c(Cl)cccc2OC)no1. The number of aryl methyl sites for hydroxylation is 1. The maximum absolute atomic E-state index is 6.15. The Bertz CT molecular complexity index is 542. The number of benzene rings is 1. The van der Waals surface area contributed by atoms with Crippen LogP contribution in [-0.4, -0.2) is 17.3 Å². The zero-order valence-corrected chi connectivity index (χ0v) is 10.9. The first kappa shape index (κ1) is 12.9. The van der Waals surface area contributed by atoms with Gasteiger partial charge in [-0.3, -0.25) is 0 Å². The lowest BCUT2D eigenvalue weighted by atomic mass is 10.1. The molecule has 0 aliphatic rings. The van der Waals surface area contributed by atoms with Gasteiger partial charge in [0.1, 0.15) is 5.75 Å². The number of ether oxygens (including phenoxy) is 1. The van der Waals surface area contributed by atoms with Crippen LogP contribution in [0.3, 0.4) is 0 Å². The standard InChI is InChI=1S/C12H14ClN3O2/c1-3-9-15-12(16-18-9)11(14)10-7(13)5-4-6-8(10)17-2/h4-6,11H,3,14H2,1-2H3. The molecular formula is C12H14ClN3O2. The second kappa shape index (κ2) is 5.37. The van der Waals surface area contributed by atoms with Crippen molar-refractivity contribution in [1.82, 2.24) is 10.1 Å². The van der Waals surface area contributed by atoms with Crippen LogP contribution in [0.5, 0.6) is 5.75 Å². The van der Waals surface area contributed by atoms with Gasteiger partial charge in [0.05, 0.1) is 13.2 Å². The van der Waals surface area contributed by atoms with Crippen LogP contribution in [-0.2, 0) is 6.42 Å². The Hall–Kier alpha value is -1.59. The maximum atomic E-state index is 6.15. The molecule has 2 rings (SSSR count). The third-order valence-corrected chi connectivity index (χ3v) is 2.94. The highest BCUT2D eigenvalue weighted by molar-refractivity contribution is 6.31. The van der Waals surface area contributed by atoms with Crippen LogP contribution in [0.1, 0.15) is 30.2 Å². The van der Waals surface area contributed by atoms with Crippen LogP contribution in [0.2, 0.25) is 5.02 Å². The summed E-state index contributed by atoms with van der Waals surface area (Å²) in [5.41, 5.74) is 6.77. The summed E-state index contributed by atoms with van der Waals surface area (Å²) < 4.78 is 10.3. The molecule has 1 atom stereocenters. The first-order valence-electron chi connectivity index (χ1n) is 5.57. The van der Waals surface area contributed by atoms with Crippen LogP contribution in [0, 0.1) is 0 Å². The number of halogens is 1. The highest BCUT2D eigenvalue weighted by atomic mass is 35.5. The summed E-state index contributed by atoms with van der Waals surface area (Å²) in [6.07, 6.45) is 0.666. The molecule has 18 heavy (non-hydrogen) atoms. The van der Waals surface area contributed by atoms with E-state index in [1.807, 2.05) is 6.92 Å². The minimum absolute atomic E-state index is 0.401. The van der Waals surface area contributed by atoms with Crippen LogP contribution >= 0.6 is 11.6 Å². The van der Waals surface area contributed by atoms with Gasteiger partial charge in [0.2, 0.25) is 5.89 Å². The molecule has 0 saturated carbocycles. The van der Waals surface area contributed by atoms with E-state index in [-0.39, 0.29) is 0 Å². The molecule has 0 aliphatic carbocycles. The second-order valence-electron chi connectivity index (χ2n) is 3.73. The lowest BCUT2D eigenvalue weighted by molar-refractivity contribution is 0.373. The fraction of sp³-hybridized carbons (Fsp3) is 0.333. The van der Waals surface area contributed by atoms with Gasteiger partial charge >= 0.3 is 0 Å². The Kier molecular flexibility index (Phi) is 3.84. The zero-order chi connectivity index (χ0) is 13.1. The molecule has 0 amide bonds. The molecular weight excluding hydrogens is 254 g/mol. The highest BCUT2D eigenvalue weighted by Crippen LogP contribution is 2.33. The van der Waals surface area contributed by atoms with Crippen molar-refractivity contribution in [2.24, 2.45) is 5.73 Å². The Morgan fingerprint density at radius 3 is 2.89 bits per heavy atom. The van der Waals surface area contributed by atoms with Gasteiger partial charge in [-0.25, -0.2) is 0 Å². The quantitative estimate of drug-likeness (QED) is 0.920. The predicted octanol–water partition coefficient (Wildman–Crippen LogP) is 2.34. The molecule has 6 heteroatoms. The summed E-state index contributed by atoms with van der Waals surface area (Å²) in [5, 5.41) is 4.37. The van der Waals surface area contributed by atoms with E-state index in [9.17, 15) is 0 Å². The van der Waals surface area contributed by atoms with Crippen molar-refractivity contribution < 1.29 is 9.26 Å². The molecule has 1 unspecified atom stereocenters. The molecule has 0 aliphatic heterocycles. The van der Waals surface area contributed by atoms with Crippen molar-refractivity contribution in [2.45, 2.75) is 19.4 Å². The number of methoxy groups -OCH3 is 1. The summed E-state index contributed by atoms with van der Waals surface area (Å²) in [4.78, 5) is 4.20. The second-order valence-corrected chi connectivity index (χ2v) is 4.14. The molecule has 0 fully saturated rings. The predicted molar refractivity (Wildman–Crippen MR) is 67.7 cm³/mol. The van der Waals surface area contributed by atoms with E-state index in [1.165, 1.54) is 0 Å². The maximum Gasteiger partial charge on any atom is 0.226 e. The number of nitrogens with zero attached hydrogens (tertiary/aromatic N) is 2. The summed E-state index contributed by atoms with van der Waals surface area (Å²) in [6, 6.07) is 4.77. The lowest BCUT2D eigenvalue weighted by Crippen LogP contribution is -2.15. The average Bonchev–Trinajstić information content (AvgIpc) is 2.86. The van der Waals surface area contributed by atoms with E-state index in [1.54, 1.807) is 25.3 Å². The van der Waals surface area contributed by atoms with Crippen molar-refractivity contribution in [3.05, 3.63) is 40.5 Å². The van der Waals surface area contributed by atoms with Gasteiger partial charge in [0.15, 0.2) is 5.82 Å². The van der Waals surface area contributed by atoms with Crippen molar-refractivity contribution in [1.29, 1.82) is 0 Å². The molecule has 1 heterocycles. The van der Waals surface area contributed by atoms with Gasteiger partial charge in [-0.2, -0.15) is 4.98 Å². The fourth-order valence-corrected chi connectivity index (χ4v) is 1.95. The van der Waals surface area contributed by atoms with Gasteiger partial charge in [0.25, 0.3) is 0 Å². The Morgan fingerprint density at radius 1 is 1.50 bits per heavy atom. The summed E-state index contributed by atoms with van der Waals surface area (Å²) in [7, 11) is 1.57. The minimum atomic E-state index is -0.572. The van der Waals surface area contributed by atoms with Crippen molar-refractivity contribution in [3.8, 4) is 5.75 Å². The van der Waals surface area contributed by atoms with Gasteiger partial charge in [-0.15, -0.1) is 0 Å². The van der Waals surface area contributed by atoms with Crippen LogP contribution < -0.4 is 10.5 Å². The van der Waals surface area contributed by atoms with E-state index in [0.717, 1.165) is 0 Å². The van der Waals surface area contributed by atoms with Crippen molar-refractivity contribution in [2.75, 3.05) is 7.11 Å². The summed E-state index contributed by atoms with van der Waals surface area (Å²) in [5.74, 6) is 1.56. The molecule has 1 aromatic heterocycles. The summed E-state index contributed by atoms with van der Waals surface area (Å²) in [6.45, 7) is 1.93. The number of aromatic nitrogens is 2. The van der Waals surface area contributed by atoms with Gasteiger partial charge in [-0.05, 0) is 12.1 Å². The smallest absolute Gasteiger partial charge is 0.226 e. The van der Waals surface area contributed by atoms with Crippen molar-refractivity contribution >= 4 is 11.6 Å². The van der Waals surface area contributed by atoms with E-state index in [0.29, 0.717) is 34.5 Å². The number of rotatable bonds is 4. The molecule has 5 nitrogen and oxygen atoms in total. The van der Waals surface area contributed by atoms with Gasteiger partial charge < -0.3 is 15.0 Å². The highest BCUT2D eigenvalue weighted by Gasteiger charge is 2.22. The third-order valence-electron chi connectivity index (χ3n) is 2.61. The average molecular weight is 268 g/mol. The van der Waals surface area contributed by atoms with E-state index in [2.05, 4.69) is 10.1 Å². The molecule has 0 radical (unpaired) electrons. The van der Waals surface area contributed by atoms with Crippen molar-refractivity contribution in [3.63, 3.8) is 0 Å². The Morgan fingerprint density at radius 2 is 2.28 bits per heavy atom. The zero-order valence-electron chi connectivity index (χ0n) is 10.2. The first-order chi connectivity index (χ1) is 8.67. The largest absolute Gasteiger partial charge is 0.496 e. The van der Waals surface area contributed by atoms with Crippen LogP contribution in [0.4, 0.5) is 0 Å². The Labute approximate surface area is 110 Å². The molecule has 96 valence electrons. The molecule has 2 aromatic rings. The van der Waals surface area contributed by atoms with E-state index in [4.69, 9.17) is 26.6 Å². The monoisotopic (exact) mass is 267 g/mol. The fourth-order valence-electron chi connectivity index (χ4n) is 1.66. The molecule has 0 bridgehead atoms. The molecule has 0 spiro atoms. The van der Waals surface area contributed by atoms with Crippen LogP contribution in [0.15, 0.2) is 22.7 Å².